The van der Waals surface area contributed by atoms with Crippen LogP contribution in [0.5, 0.6) is 23.0 Å². The molecule has 8 aromatic carbocycles. The van der Waals surface area contributed by atoms with Crippen LogP contribution in [0.3, 0.4) is 0 Å². The second kappa shape index (κ2) is 24.2. The number of aromatic hydroxyl groups is 4. The molecular formula is C96H104O12S4. The van der Waals surface area contributed by atoms with Crippen molar-refractivity contribution in [3.05, 3.63) is 235 Å². The van der Waals surface area contributed by atoms with Crippen LogP contribution in [0.1, 0.15) is 243 Å². The van der Waals surface area contributed by atoms with Gasteiger partial charge in [-0.05, 0) is 382 Å². The number of rotatable bonds is 12. The lowest BCUT2D eigenvalue weighted by Crippen LogP contribution is -2.56. The van der Waals surface area contributed by atoms with Crippen molar-refractivity contribution < 1.29 is 54.1 Å². The molecule has 584 valence electrons. The lowest BCUT2D eigenvalue weighted by molar-refractivity contribution is -0.0283. The van der Waals surface area contributed by atoms with E-state index < -0.39 is 39.3 Å². The first kappa shape index (κ1) is 72.5. The summed E-state index contributed by atoms with van der Waals surface area (Å²) in [6.07, 6.45) is 29.9. The molecule has 24 bridgehead atoms. The average Bonchev–Trinajstić information content (AvgIpc) is 0.717. The van der Waals surface area contributed by atoms with Crippen LogP contribution < -0.4 is 0 Å². The summed E-state index contributed by atoms with van der Waals surface area (Å²) in [4.78, 5) is 1.25. The van der Waals surface area contributed by atoms with E-state index in [2.05, 4.69) is 97.1 Å². The van der Waals surface area contributed by atoms with Crippen molar-refractivity contribution in [2.75, 3.05) is 25.0 Å². The van der Waals surface area contributed by atoms with Crippen LogP contribution in [-0.4, -0.2) is 79.1 Å². The monoisotopic (exact) mass is 1580 g/mol. The summed E-state index contributed by atoms with van der Waals surface area (Å²) in [5.74, 6) is 4.00. The molecule has 25 rings (SSSR count). The number of hydrogen-bond donors (Lipinski definition) is 4. The van der Waals surface area contributed by atoms with Gasteiger partial charge in [0.25, 0.3) is 0 Å². The van der Waals surface area contributed by atoms with Gasteiger partial charge >= 0.3 is 0 Å². The summed E-state index contributed by atoms with van der Waals surface area (Å²) in [6, 6.07) is 49.1. The molecule has 112 heavy (non-hydrogen) atoms. The maximum absolute atomic E-state index is 13.8. The predicted octanol–water partition coefficient (Wildman–Crippen LogP) is 18.0. The Morgan fingerprint density at radius 2 is 0.357 bits per heavy atom. The normalized spacial score (nSPS) is 35.0. The van der Waals surface area contributed by atoms with Crippen molar-refractivity contribution in [3.8, 4) is 23.0 Å². The molecule has 17 aliphatic carbocycles. The molecule has 0 spiro atoms. The number of benzene rings is 8. The number of sulfone groups is 4. The van der Waals surface area contributed by atoms with E-state index >= 15 is 0 Å². The molecule has 0 aliphatic heterocycles. The van der Waals surface area contributed by atoms with E-state index in [4.69, 9.17) is 0 Å². The number of phenols is 4. The van der Waals surface area contributed by atoms with Gasteiger partial charge in [-0.2, -0.15) is 0 Å². The summed E-state index contributed by atoms with van der Waals surface area (Å²) < 4.78 is 104. The SMILES string of the molecule is CS(=O)(=O)c1ccc(C23C[C@H]4C[C@@H](C2)CC(c2cc5c(O)c(c2)Cc2cc(C67C[C@@H]8C[C@@H](CC(c9ccc(S(C)(=O)=O)cc9)(C8)C6)C7)cc(c2O)Cc2cc(C67C[C@@H]8C[C@@H](CC(c9ccc(S(C)(=O)=O)cc9)(C8)C6)C7)cc(c2O)Cc2cc(C67C[C@@H]8C[C@@H](CC(c9ccc(S(C)(=O)=O)cc9)(C8)C6)C7)cc(c2O)C5)(C4)C3)cc1. The third kappa shape index (κ3) is 11.5. The van der Waals surface area contributed by atoms with Crippen LogP contribution >= 0.6 is 0 Å². The lowest BCUT2D eigenvalue weighted by atomic mass is 9.41. The Bertz CT molecular complexity index is 4960. The maximum Gasteiger partial charge on any atom is 0.175 e. The summed E-state index contributed by atoms with van der Waals surface area (Å²) >= 11 is 0. The summed E-state index contributed by atoms with van der Waals surface area (Å²) in [5.41, 5.74) is 13.0. The number of hydrogen-bond acceptors (Lipinski definition) is 12. The summed E-state index contributed by atoms with van der Waals surface area (Å²) in [6.45, 7) is 0. The molecule has 16 saturated carbocycles. The quantitative estimate of drug-likeness (QED) is 0.0898. The predicted molar refractivity (Wildman–Crippen MR) is 434 cm³/mol. The lowest BCUT2D eigenvalue weighted by Gasteiger charge is -2.63. The largest absolute Gasteiger partial charge is 0.507 e. The second-order valence-corrected chi connectivity index (χ2v) is 48.6. The molecule has 0 heterocycles. The Hall–Kier alpha value is -7.24. The standard InChI is InChI=1S/C96H104O12S4/c1-109(101,102)81-13-5-73(6-14-81)89-37-57-21-58(38-89)46-93(45-57,53-89)77-29-65-25-67-31-78(94-47-59-22-60(48-94)40-90(39-59,54-94)74-7-15-82(16-8-74)110(2,103)104)33-69(86(67)98)27-71-35-80(96-51-63-24-64(52-96)44-92(43-63,56-96)76-11-19-84(20-12-76)112(4,107)108)36-72(88(71)100)28-70-34-79(32-68(87(70)99)26-66(30-77)85(65)97)95-49-61-23-62(50-95)42-91(41-61,55-95)75-9-17-83(18-10-75)111(3,105)106/h5-20,29-36,57-64,97-100H,21-28,37-56H2,1-4H3/t57-,58+,59-,60+,61-,62+,63-,64+,89?,90?,91?,92?,93?,94?,95?,96?. The molecule has 8 aromatic rings. The number of phenolic OH excluding ortho intramolecular Hbond substituents is 4. The van der Waals surface area contributed by atoms with Crippen LogP contribution in [-0.2, 0) is 108 Å². The van der Waals surface area contributed by atoms with Gasteiger partial charge in [-0.1, -0.05) is 97.1 Å². The van der Waals surface area contributed by atoms with Gasteiger partial charge in [0.2, 0.25) is 0 Å². The molecule has 8 unspecified atom stereocenters. The second-order valence-electron chi connectivity index (χ2n) is 40.6. The zero-order chi connectivity index (χ0) is 77.2. The minimum atomic E-state index is -3.43. The molecule has 0 amide bonds. The molecule has 0 radical (unpaired) electrons. The first-order chi connectivity index (χ1) is 53.1. The van der Waals surface area contributed by atoms with Gasteiger partial charge in [-0.3, -0.25) is 0 Å². The minimum absolute atomic E-state index is 0.147. The van der Waals surface area contributed by atoms with Gasteiger partial charge in [0, 0.05) is 50.7 Å². The molecule has 16 fully saturated rings. The number of fused-ring (bicyclic) bond motifs is 8. The van der Waals surface area contributed by atoms with Crippen LogP contribution in [0.25, 0.3) is 0 Å². The highest BCUT2D eigenvalue weighted by Crippen LogP contribution is 2.72. The highest BCUT2D eigenvalue weighted by Gasteiger charge is 2.64. The van der Waals surface area contributed by atoms with Crippen molar-refractivity contribution in [1.82, 2.24) is 0 Å². The van der Waals surface area contributed by atoms with Gasteiger partial charge in [0.05, 0.1) is 19.6 Å². The van der Waals surface area contributed by atoms with Gasteiger partial charge in [-0.25, -0.2) is 33.7 Å². The average molecular weight is 1580 g/mol. The van der Waals surface area contributed by atoms with Crippen molar-refractivity contribution in [3.63, 3.8) is 0 Å². The summed E-state index contributed by atoms with van der Waals surface area (Å²) in [5, 5.41) is 55.1. The maximum atomic E-state index is 13.8. The van der Waals surface area contributed by atoms with Gasteiger partial charge in [-0.15, -0.1) is 0 Å². The highest BCUT2D eigenvalue weighted by molar-refractivity contribution is 7.91. The third-order valence-electron chi connectivity index (χ3n) is 32.9. The Morgan fingerprint density at radius 3 is 0.491 bits per heavy atom. The topological polar surface area (TPSA) is 217 Å². The minimum Gasteiger partial charge on any atom is -0.507 e. The van der Waals surface area contributed by atoms with Crippen LogP contribution in [0.2, 0.25) is 0 Å². The van der Waals surface area contributed by atoms with Crippen molar-refractivity contribution in [2.24, 2.45) is 47.3 Å². The van der Waals surface area contributed by atoms with E-state index in [1.54, 1.807) is 48.5 Å². The highest BCUT2D eigenvalue weighted by atomic mass is 32.2. The molecule has 16 heteroatoms. The molecule has 17 aliphatic rings. The van der Waals surface area contributed by atoms with Crippen LogP contribution in [0.15, 0.2) is 165 Å². The first-order valence-electron chi connectivity index (χ1n) is 41.7. The molecule has 0 saturated heterocycles. The molecule has 12 nitrogen and oxygen atoms in total. The smallest absolute Gasteiger partial charge is 0.175 e. The Labute approximate surface area is 661 Å². The summed E-state index contributed by atoms with van der Waals surface area (Å²) in [7, 11) is -13.7. The molecule has 16 atom stereocenters. The molecular weight excluding hydrogens is 1470 g/mol. The first-order valence-corrected chi connectivity index (χ1v) is 49.3. The Kier molecular flexibility index (Phi) is 15.7. The van der Waals surface area contributed by atoms with Gasteiger partial charge < -0.3 is 20.4 Å². The van der Waals surface area contributed by atoms with E-state index in [0.29, 0.717) is 111 Å². The fraction of sp³-hybridized carbons (Fsp3) is 0.500. The fourth-order valence-corrected chi connectivity index (χ4v) is 32.7. The molecule has 4 N–H and O–H groups in total. The zero-order valence-electron chi connectivity index (χ0n) is 65.0. The van der Waals surface area contributed by atoms with Gasteiger partial charge in [0.15, 0.2) is 39.3 Å². The molecule has 0 aromatic heterocycles. The van der Waals surface area contributed by atoms with E-state index in [9.17, 15) is 54.1 Å². The van der Waals surface area contributed by atoms with E-state index in [1.807, 2.05) is 0 Å². The Balaban J connectivity index is 0.764. The fourth-order valence-electron chi connectivity index (χ4n) is 30.1. The van der Waals surface area contributed by atoms with Crippen LogP contribution in [0.4, 0.5) is 0 Å². The zero-order valence-corrected chi connectivity index (χ0v) is 68.2. The van der Waals surface area contributed by atoms with E-state index in [0.717, 1.165) is 176 Å². The van der Waals surface area contributed by atoms with Crippen molar-refractivity contribution in [2.45, 2.75) is 243 Å². The van der Waals surface area contributed by atoms with Gasteiger partial charge in [0.1, 0.15) is 23.0 Å². The Morgan fingerprint density at radius 1 is 0.223 bits per heavy atom. The third-order valence-corrected chi connectivity index (χ3v) is 37.4. The van der Waals surface area contributed by atoms with Crippen LogP contribution in [0, 0.1) is 47.3 Å². The van der Waals surface area contributed by atoms with Crippen molar-refractivity contribution in [1.29, 1.82) is 0 Å². The van der Waals surface area contributed by atoms with E-state index in [1.165, 1.54) is 47.3 Å². The van der Waals surface area contributed by atoms with E-state index in [-0.39, 0.29) is 92.0 Å². The van der Waals surface area contributed by atoms with Crippen molar-refractivity contribution >= 4 is 39.3 Å².